The maximum Gasteiger partial charge on any atom is 0.241 e. The second-order valence-electron chi connectivity index (χ2n) is 5.81. The standard InChI is InChI=1S/C16H21N3O/c1-16(2,11-17)12-6-8-13(9-7-12)19-15(20)14-5-3-4-10-18-14/h6-9,14,18H,3-5,10H2,1-2H3,(H,19,20)/t14-/m0/s1. The minimum absolute atomic E-state index is 0.0250. The average molecular weight is 271 g/mol. The van der Waals surface area contributed by atoms with E-state index in [1.165, 1.54) is 0 Å². The Morgan fingerprint density at radius 2 is 2.05 bits per heavy atom. The van der Waals surface area contributed by atoms with E-state index in [1.54, 1.807) is 0 Å². The molecule has 106 valence electrons. The van der Waals surface area contributed by atoms with Gasteiger partial charge in [0.15, 0.2) is 0 Å². The second-order valence-corrected chi connectivity index (χ2v) is 5.81. The Bertz CT molecular complexity index is 508. The van der Waals surface area contributed by atoms with Crippen LogP contribution in [0.25, 0.3) is 0 Å². The Morgan fingerprint density at radius 3 is 2.60 bits per heavy atom. The van der Waals surface area contributed by atoms with Gasteiger partial charge in [-0.1, -0.05) is 18.6 Å². The van der Waals surface area contributed by atoms with Crippen molar-refractivity contribution in [1.29, 1.82) is 5.26 Å². The summed E-state index contributed by atoms with van der Waals surface area (Å²) >= 11 is 0. The fourth-order valence-corrected chi connectivity index (χ4v) is 2.34. The molecule has 0 radical (unpaired) electrons. The normalized spacial score (nSPS) is 19.1. The first kappa shape index (κ1) is 14.5. The number of rotatable bonds is 3. The van der Waals surface area contributed by atoms with Gasteiger partial charge in [0, 0.05) is 5.69 Å². The van der Waals surface area contributed by atoms with Crippen molar-refractivity contribution in [2.75, 3.05) is 11.9 Å². The molecule has 2 N–H and O–H groups in total. The lowest BCUT2D eigenvalue weighted by Crippen LogP contribution is -2.43. The number of carbonyl (C=O) groups excluding carboxylic acids is 1. The summed E-state index contributed by atoms with van der Waals surface area (Å²) in [6.45, 7) is 4.67. The molecule has 4 heteroatoms. The van der Waals surface area contributed by atoms with E-state index in [0.29, 0.717) is 0 Å². The lowest BCUT2D eigenvalue weighted by atomic mass is 9.86. The van der Waals surface area contributed by atoms with Gasteiger partial charge in [0.05, 0.1) is 17.5 Å². The van der Waals surface area contributed by atoms with Crippen LogP contribution in [0.3, 0.4) is 0 Å². The van der Waals surface area contributed by atoms with Gasteiger partial charge in [-0.05, 0) is 50.9 Å². The molecule has 1 aromatic rings. The van der Waals surface area contributed by atoms with Crippen LogP contribution in [0.5, 0.6) is 0 Å². The number of carbonyl (C=O) groups is 1. The molecule has 0 aromatic heterocycles. The van der Waals surface area contributed by atoms with Crippen LogP contribution in [0.15, 0.2) is 24.3 Å². The highest BCUT2D eigenvalue weighted by molar-refractivity contribution is 5.94. The van der Waals surface area contributed by atoms with E-state index in [9.17, 15) is 4.79 Å². The number of nitriles is 1. The van der Waals surface area contributed by atoms with Gasteiger partial charge >= 0.3 is 0 Å². The molecular formula is C16H21N3O. The Morgan fingerprint density at radius 1 is 1.35 bits per heavy atom. The van der Waals surface area contributed by atoms with Crippen molar-refractivity contribution in [3.8, 4) is 6.07 Å². The van der Waals surface area contributed by atoms with Crippen LogP contribution in [0, 0.1) is 11.3 Å². The highest BCUT2D eigenvalue weighted by Gasteiger charge is 2.21. The molecule has 1 saturated heterocycles. The predicted molar refractivity (Wildman–Crippen MR) is 79.4 cm³/mol. The lowest BCUT2D eigenvalue weighted by Gasteiger charge is -2.22. The molecule has 2 rings (SSSR count). The summed E-state index contributed by atoms with van der Waals surface area (Å²) in [4.78, 5) is 12.1. The van der Waals surface area contributed by atoms with Crippen molar-refractivity contribution in [2.24, 2.45) is 0 Å². The van der Waals surface area contributed by atoms with Crippen molar-refractivity contribution < 1.29 is 4.79 Å². The Balaban J connectivity index is 2.00. The summed E-state index contributed by atoms with van der Waals surface area (Å²) in [7, 11) is 0. The van der Waals surface area contributed by atoms with Crippen LogP contribution >= 0.6 is 0 Å². The first-order chi connectivity index (χ1) is 9.53. The zero-order chi connectivity index (χ0) is 14.6. The van der Waals surface area contributed by atoms with Gasteiger partial charge in [-0.3, -0.25) is 4.79 Å². The number of hydrogen-bond acceptors (Lipinski definition) is 3. The molecule has 0 spiro atoms. The molecular weight excluding hydrogens is 250 g/mol. The van der Waals surface area contributed by atoms with E-state index in [4.69, 9.17) is 5.26 Å². The van der Waals surface area contributed by atoms with Crippen molar-refractivity contribution in [2.45, 2.75) is 44.6 Å². The van der Waals surface area contributed by atoms with Crippen LogP contribution < -0.4 is 10.6 Å². The van der Waals surface area contributed by atoms with E-state index in [1.807, 2.05) is 38.1 Å². The predicted octanol–water partition coefficient (Wildman–Crippen LogP) is 2.57. The Kier molecular flexibility index (Phi) is 4.41. The molecule has 1 aromatic carbocycles. The third-order valence-electron chi connectivity index (χ3n) is 3.78. The van der Waals surface area contributed by atoms with E-state index < -0.39 is 5.41 Å². The number of hydrogen-bond donors (Lipinski definition) is 2. The van der Waals surface area contributed by atoms with E-state index in [2.05, 4.69) is 16.7 Å². The highest BCUT2D eigenvalue weighted by Crippen LogP contribution is 2.23. The van der Waals surface area contributed by atoms with Gasteiger partial charge < -0.3 is 10.6 Å². The molecule has 0 aliphatic carbocycles. The smallest absolute Gasteiger partial charge is 0.241 e. The van der Waals surface area contributed by atoms with Gasteiger partial charge in [0.2, 0.25) is 5.91 Å². The molecule has 0 saturated carbocycles. The van der Waals surface area contributed by atoms with Crippen LogP contribution in [-0.2, 0) is 10.2 Å². The molecule has 20 heavy (non-hydrogen) atoms. The fraction of sp³-hybridized carbons (Fsp3) is 0.500. The molecule has 4 nitrogen and oxygen atoms in total. The SMILES string of the molecule is CC(C)(C#N)c1ccc(NC(=O)[C@@H]2CCCCN2)cc1. The summed E-state index contributed by atoms with van der Waals surface area (Å²) in [5.41, 5.74) is 1.22. The van der Waals surface area contributed by atoms with Crippen LogP contribution in [-0.4, -0.2) is 18.5 Å². The number of anilines is 1. The van der Waals surface area contributed by atoms with Crippen LogP contribution in [0.2, 0.25) is 0 Å². The van der Waals surface area contributed by atoms with E-state index in [0.717, 1.165) is 37.1 Å². The summed E-state index contributed by atoms with van der Waals surface area (Å²) < 4.78 is 0. The molecule has 1 fully saturated rings. The molecule has 0 unspecified atom stereocenters. The molecule has 0 bridgehead atoms. The first-order valence-corrected chi connectivity index (χ1v) is 7.09. The van der Waals surface area contributed by atoms with Crippen LogP contribution in [0.1, 0.15) is 38.7 Å². The third kappa shape index (κ3) is 3.37. The zero-order valence-corrected chi connectivity index (χ0v) is 12.1. The maximum atomic E-state index is 12.1. The largest absolute Gasteiger partial charge is 0.325 e. The minimum Gasteiger partial charge on any atom is -0.325 e. The van der Waals surface area contributed by atoms with Crippen LogP contribution in [0.4, 0.5) is 5.69 Å². The summed E-state index contributed by atoms with van der Waals surface area (Å²) in [5, 5.41) is 15.3. The lowest BCUT2D eigenvalue weighted by molar-refractivity contribution is -0.118. The van der Waals surface area contributed by atoms with Gasteiger partial charge in [-0.15, -0.1) is 0 Å². The first-order valence-electron chi connectivity index (χ1n) is 7.09. The van der Waals surface area contributed by atoms with E-state index >= 15 is 0 Å². The summed E-state index contributed by atoms with van der Waals surface area (Å²) in [6, 6.07) is 9.69. The Labute approximate surface area is 120 Å². The van der Waals surface area contributed by atoms with Gasteiger partial charge in [-0.25, -0.2) is 0 Å². The molecule has 1 aliphatic rings. The van der Waals surface area contributed by atoms with Gasteiger partial charge in [-0.2, -0.15) is 5.26 Å². The summed E-state index contributed by atoms with van der Waals surface area (Å²) in [6.07, 6.45) is 3.13. The van der Waals surface area contributed by atoms with Crippen molar-refractivity contribution in [1.82, 2.24) is 5.32 Å². The zero-order valence-electron chi connectivity index (χ0n) is 12.1. The van der Waals surface area contributed by atoms with Crippen molar-refractivity contribution in [3.05, 3.63) is 29.8 Å². The molecule has 1 heterocycles. The van der Waals surface area contributed by atoms with Gasteiger partial charge in [0.1, 0.15) is 0 Å². The number of nitrogens with zero attached hydrogens (tertiary/aromatic N) is 1. The van der Waals surface area contributed by atoms with Crippen molar-refractivity contribution >= 4 is 11.6 Å². The summed E-state index contributed by atoms with van der Waals surface area (Å²) in [5.74, 6) is 0.0250. The third-order valence-corrected chi connectivity index (χ3v) is 3.78. The topological polar surface area (TPSA) is 64.9 Å². The maximum absolute atomic E-state index is 12.1. The number of piperidine rings is 1. The highest BCUT2D eigenvalue weighted by atomic mass is 16.2. The Hall–Kier alpha value is -1.86. The monoisotopic (exact) mass is 271 g/mol. The average Bonchev–Trinajstić information content (AvgIpc) is 2.48. The minimum atomic E-state index is -0.506. The number of benzene rings is 1. The molecule has 1 amide bonds. The molecule has 1 atom stereocenters. The number of nitrogens with one attached hydrogen (secondary N) is 2. The molecule has 1 aliphatic heterocycles. The van der Waals surface area contributed by atoms with E-state index in [-0.39, 0.29) is 11.9 Å². The second kappa shape index (κ2) is 6.06. The number of amides is 1. The fourth-order valence-electron chi connectivity index (χ4n) is 2.34. The van der Waals surface area contributed by atoms with Crippen molar-refractivity contribution in [3.63, 3.8) is 0 Å². The quantitative estimate of drug-likeness (QED) is 0.888. The van der Waals surface area contributed by atoms with Gasteiger partial charge in [0.25, 0.3) is 0 Å².